The minimum absolute atomic E-state index is 0.484. The van der Waals surface area contributed by atoms with Crippen molar-refractivity contribution >= 4 is 5.82 Å². The van der Waals surface area contributed by atoms with Gasteiger partial charge in [0.15, 0.2) is 11.6 Å². The Morgan fingerprint density at radius 3 is 3.12 bits per heavy atom. The van der Waals surface area contributed by atoms with Gasteiger partial charge in [0.25, 0.3) is 0 Å². The molecule has 0 aromatic carbocycles. The molecule has 0 radical (unpaired) electrons. The Hall–Kier alpha value is -1.36. The highest BCUT2D eigenvalue weighted by atomic mass is 16.5. The first-order valence-electron chi connectivity index (χ1n) is 5.60. The van der Waals surface area contributed by atoms with Crippen LogP contribution < -0.4 is 15.0 Å². The zero-order valence-corrected chi connectivity index (χ0v) is 9.81. The summed E-state index contributed by atoms with van der Waals surface area (Å²) in [4.78, 5) is 10.4. The van der Waals surface area contributed by atoms with Gasteiger partial charge in [-0.2, -0.15) is 0 Å². The summed E-state index contributed by atoms with van der Waals surface area (Å²) in [6.45, 7) is 2.12. The highest BCUT2D eigenvalue weighted by Gasteiger charge is 2.21. The molecule has 2 rings (SSSR count). The molecule has 0 spiro atoms. The van der Waals surface area contributed by atoms with Crippen LogP contribution in [0.5, 0.6) is 5.75 Å². The van der Waals surface area contributed by atoms with E-state index in [1.165, 1.54) is 12.8 Å². The molecule has 1 fully saturated rings. The second-order valence-electron chi connectivity index (χ2n) is 4.03. The van der Waals surface area contributed by atoms with Gasteiger partial charge in [0.1, 0.15) is 6.33 Å². The maximum absolute atomic E-state index is 5.27. The van der Waals surface area contributed by atoms with Crippen molar-refractivity contribution in [3.05, 3.63) is 12.5 Å². The molecule has 1 aromatic rings. The fraction of sp³-hybridized carbons (Fsp3) is 0.636. The summed E-state index contributed by atoms with van der Waals surface area (Å²) >= 11 is 0. The minimum atomic E-state index is 0.484. The molecule has 1 N–H and O–H groups in total. The van der Waals surface area contributed by atoms with Gasteiger partial charge in [0, 0.05) is 19.6 Å². The number of hydrogen-bond acceptors (Lipinski definition) is 5. The van der Waals surface area contributed by atoms with E-state index in [9.17, 15) is 0 Å². The molecule has 2 heterocycles. The maximum Gasteiger partial charge on any atom is 0.179 e. The van der Waals surface area contributed by atoms with E-state index >= 15 is 0 Å². The van der Waals surface area contributed by atoms with Crippen LogP contribution in [0.25, 0.3) is 0 Å². The fourth-order valence-electron chi connectivity index (χ4n) is 2.06. The molecule has 1 atom stereocenters. The van der Waals surface area contributed by atoms with Crippen molar-refractivity contribution in [1.29, 1.82) is 0 Å². The molecule has 1 aromatic heterocycles. The lowest BCUT2D eigenvalue weighted by Gasteiger charge is -2.32. The van der Waals surface area contributed by atoms with Crippen molar-refractivity contribution in [3.63, 3.8) is 0 Å². The van der Waals surface area contributed by atoms with Crippen LogP contribution in [-0.2, 0) is 0 Å². The van der Waals surface area contributed by atoms with Crippen LogP contribution in [0.3, 0.4) is 0 Å². The average Bonchev–Trinajstić information content (AvgIpc) is 2.39. The molecular weight excluding hydrogens is 204 g/mol. The van der Waals surface area contributed by atoms with E-state index in [-0.39, 0.29) is 0 Å². The van der Waals surface area contributed by atoms with E-state index in [4.69, 9.17) is 4.74 Å². The Morgan fingerprint density at radius 2 is 2.44 bits per heavy atom. The number of hydrogen-bond donors (Lipinski definition) is 1. The molecule has 1 unspecified atom stereocenters. The van der Waals surface area contributed by atoms with E-state index in [0.717, 1.165) is 24.7 Å². The van der Waals surface area contributed by atoms with E-state index in [2.05, 4.69) is 27.2 Å². The van der Waals surface area contributed by atoms with Crippen molar-refractivity contribution in [3.8, 4) is 5.75 Å². The molecular formula is C11H18N4O. The Bertz CT molecular complexity index is 339. The summed E-state index contributed by atoms with van der Waals surface area (Å²) in [5.74, 6) is 1.60. The van der Waals surface area contributed by atoms with E-state index < -0.39 is 0 Å². The number of ether oxygens (including phenoxy) is 1. The summed E-state index contributed by atoms with van der Waals surface area (Å²) in [7, 11) is 3.71. The Kier molecular flexibility index (Phi) is 3.56. The molecule has 1 aliphatic heterocycles. The van der Waals surface area contributed by atoms with Crippen molar-refractivity contribution < 1.29 is 4.74 Å². The number of nitrogens with zero attached hydrogens (tertiary/aromatic N) is 3. The van der Waals surface area contributed by atoms with Gasteiger partial charge in [-0.25, -0.2) is 9.97 Å². The zero-order valence-electron chi connectivity index (χ0n) is 9.81. The summed E-state index contributed by atoms with van der Waals surface area (Å²) in [6, 6.07) is 0.484. The first kappa shape index (κ1) is 11.1. The molecule has 0 bridgehead atoms. The number of piperidine rings is 1. The van der Waals surface area contributed by atoms with Gasteiger partial charge in [-0.05, 0) is 19.4 Å². The lowest BCUT2D eigenvalue weighted by molar-refractivity contribution is 0.401. The molecule has 1 saturated heterocycles. The van der Waals surface area contributed by atoms with E-state index in [0.29, 0.717) is 6.04 Å². The zero-order chi connectivity index (χ0) is 11.4. The van der Waals surface area contributed by atoms with Crippen molar-refractivity contribution in [1.82, 2.24) is 15.3 Å². The van der Waals surface area contributed by atoms with Gasteiger partial charge in [0.05, 0.1) is 13.3 Å². The monoisotopic (exact) mass is 222 g/mol. The number of anilines is 1. The van der Waals surface area contributed by atoms with Crippen LogP contribution in [0.1, 0.15) is 12.8 Å². The van der Waals surface area contributed by atoms with E-state index in [1.807, 2.05) is 0 Å². The van der Waals surface area contributed by atoms with Crippen molar-refractivity contribution in [2.24, 2.45) is 0 Å². The number of rotatable bonds is 3. The Morgan fingerprint density at radius 1 is 1.56 bits per heavy atom. The highest BCUT2D eigenvalue weighted by Crippen LogP contribution is 2.25. The predicted molar refractivity (Wildman–Crippen MR) is 62.9 cm³/mol. The summed E-state index contributed by atoms with van der Waals surface area (Å²) < 4.78 is 5.27. The molecule has 16 heavy (non-hydrogen) atoms. The van der Waals surface area contributed by atoms with Crippen LogP contribution >= 0.6 is 0 Å². The SMILES string of the molecule is COc1cncnc1N(C)C1CCCNC1. The lowest BCUT2D eigenvalue weighted by Crippen LogP contribution is -2.44. The molecule has 0 amide bonds. The lowest BCUT2D eigenvalue weighted by atomic mass is 10.1. The quantitative estimate of drug-likeness (QED) is 0.814. The van der Waals surface area contributed by atoms with Crippen molar-refractivity contribution in [2.75, 3.05) is 32.1 Å². The Balaban J connectivity index is 2.15. The molecule has 0 aliphatic carbocycles. The third-order valence-corrected chi connectivity index (χ3v) is 3.03. The minimum Gasteiger partial charge on any atom is -0.491 e. The second-order valence-corrected chi connectivity index (χ2v) is 4.03. The third kappa shape index (κ3) is 2.24. The first-order chi connectivity index (χ1) is 7.83. The molecule has 5 nitrogen and oxygen atoms in total. The average molecular weight is 222 g/mol. The molecule has 88 valence electrons. The van der Waals surface area contributed by atoms with Gasteiger partial charge in [-0.15, -0.1) is 0 Å². The van der Waals surface area contributed by atoms with Gasteiger partial charge >= 0.3 is 0 Å². The van der Waals surface area contributed by atoms with Gasteiger partial charge < -0.3 is 15.0 Å². The van der Waals surface area contributed by atoms with E-state index in [1.54, 1.807) is 19.6 Å². The number of aromatic nitrogens is 2. The first-order valence-corrected chi connectivity index (χ1v) is 5.60. The fourth-order valence-corrected chi connectivity index (χ4v) is 2.06. The largest absolute Gasteiger partial charge is 0.491 e. The summed E-state index contributed by atoms with van der Waals surface area (Å²) in [6.07, 6.45) is 5.67. The smallest absolute Gasteiger partial charge is 0.179 e. The van der Waals surface area contributed by atoms with Crippen LogP contribution in [0.2, 0.25) is 0 Å². The van der Waals surface area contributed by atoms with Crippen LogP contribution in [0, 0.1) is 0 Å². The second kappa shape index (κ2) is 5.12. The standard InChI is InChI=1S/C11H18N4O/c1-15(9-4-3-5-12-6-9)11-10(16-2)7-13-8-14-11/h7-9,12H,3-6H2,1-2H3. The molecule has 1 aliphatic rings. The number of nitrogens with one attached hydrogen (secondary N) is 1. The highest BCUT2D eigenvalue weighted by molar-refractivity contribution is 5.50. The summed E-state index contributed by atoms with van der Waals surface area (Å²) in [5.41, 5.74) is 0. The van der Waals surface area contributed by atoms with Crippen LogP contribution in [-0.4, -0.2) is 43.3 Å². The topological polar surface area (TPSA) is 50.3 Å². The molecule has 0 saturated carbocycles. The Labute approximate surface area is 95.8 Å². The molecule has 5 heteroatoms. The normalized spacial score (nSPS) is 20.5. The summed E-state index contributed by atoms with van der Waals surface area (Å²) in [5, 5.41) is 3.40. The third-order valence-electron chi connectivity index (χ3n) is 3.03. The van der Waals surface area contributed by atoms with Gasteiger partial charge in [0.2, 0.25) is 0 Å². The van der Waals surface area contributed by atoms with Crippen LogP contribution in [0.4, 0.5) is 5.82 Å². The van der Waals surface area contributed by atoms with Gasteiger partial charge in [-0.3, -0.25) is 0 Å². The number of likely N-dealkylation sites (N-methyl/N-ethyl adjacent to an activating group) is 1. The maximum atomic E-state index is 5.27. The van der Waals surface area contributed by atoms with Gasteiger partial charge in [-0.1, -0.05) is 0 Å². The number of methoxy groups -OCH3 is 1. The van der Waals surface area contributed by atoms with Crippen LogP contribution in [0.15, 0.2) is 12.5 Å². The predicted octanol–water partition coefficient (Wildman–Crippen LogP) is 0.673. The van der Waals surface area contributed by atoms with Crippen molar-refractivity contribution in [2.45, 2.75) is 18.9 Å².